The van der Waals surface area contributed by atoms with Crippen LogP contribution in [0.2, 0.25) is 0 Å². The molecule has 0 spiro atoms. The number of likely N-dealkylation sites (tertiary alicyclic amines) is 2. The van der Waals surface area contributed by atoms with Gasteiger partial charge in [-0.15, -0.1) is 0 Å². The molecule has 10 heteroatoms. The highest BCUT2D eigenvalue weighted by molar-refractivity contribution is 5.77. The Morgan fingerprint density at radius 3 is 2.71 bits per heavy atom. The number of nitrogens with one attached hydrogen (secondary N) is 3. The molecule has 4 N–H and O–H groups in total. The van der Waals surface area contributed by atoms with Crippen LogP contribution >= 0.6 is 0 Å². The van der Waals surface area contributed by atoms with Gasteiger partial charge in [-0.25, -0.2) is 14.8 Å². The summed E-state index contributed by atoms with van der Waals surface area (Å²) in [6.45, 7) is 5.03. The number of fused-ring (bicyclic) bond motifs is 1. The summed E-state index contributed by atoms with van der Waals surface area (Å²) in [6, 6.07) is 18.3. The van der Waals surface area contributed by atoms with Crippen molar-refractivity contribution in [2.45, 2.75) is 50.7 Å². The third-order valence-corrected chi connectivity index (χ3v) is 8.66. The molecule has 2 aliphatic rings. The van der Waals surface area contributed by atoms with Crippen LogP contribution in [0.3, 0.4) is 0 Å². The lowest BCUT2D eigenvalue weighted by Gasteiger charge is -2.43. The van der Waals surface area contributed by atoms with Crippen LogP contribution in [0.4, 0.5) is 5.95 Å². The Labute approximate surface area is 238 Å². The zero-order valence-electron chi connectivity index (χ0n) is 23.3. The number of aromatic nitrogens is 4. The Kier molecular flexibility index (Phi) is 7.84. The number of hydrogen-bond donors (Lipinski definition) is 4. The van der Waals surface area contributed by atoms with Crippen LogP contribution in [-0.4, -0.2) is 79.1 Å². The number of imidazole rings is 1. The first kappa shape index (κ1) is 27.2. The van der Waals surface area contributed by atoms with Crippen molar-refractivity contribution >= 4 is 23.0 Å². The van der Waals surface area contributed by atoms with Gasteiger partial charge in [0.1, 0.15) is 0 Å². The van der Waals surface area contributed by atoms with Crippen LogP contribution in [0.1, 0.15) is 42.1 Å². The summed E-state index contributed by atoms with van der Waals surface area (Å²) in [4.78, 5) is 44.4. The van der Waals surface area contributed by atoms with E-state index in [0.29, 0.717) is 19.0 Å². The molecule has 214 valence electrons. The number of hydrogen-bond acceptors (Lipinski definition) is 7. The molecule has 2 aliphatic heterocycles. The Balaban J connectivity index is 1.17. The minimum absolute atomic E-state index is 0.0931. The highest BCUT2D eigenvalue weighted by Crippen LogP contribution is 2.35. The van der Waals surface area contributed by atoms with Gasteiger partial charge in [0.25, 0.3) is 0 Å². The number of H-pyrrole nitrogens is 2. The van der Waals surface area contributed by atoms with E-state index >= 15 is 0 Å². The molecule has 4 heterocycles. The zero-order valence-corrected chi connectivity index (χ0v) is 23.3. The van der Waals surface area contributed by atoms with E-state index in [1.165, 1.54) is 0 Å². The molecule has 0 radical (unpaired) electrons. The molecule has 4 aromatic rings. The molecule has 0 saturated carbocycles. The number of aromatic amines is 2. The number of benzene rings is 2. The molecule has 6 rings (SSSR count). The molecule has 2 aromatic carbocycles. The number of carboxylic acids is 1. The molecule has 2 fully saturated rings. The maximum Gasteiger partial charge on any atom is 0.345 e. The summed E-state index contributed by atoms with van der Waals surface area (Å²) < 4.78 is 0. The second-order valence-corrected chi connectivity index (χ2v) is 11.4. The largest absolute Gasteiger partial charge is 0.481 e. The predicted molar refractivity (Wildman–Crippen MR) is 158 cm³/mol. The van der Waals surface area contributed by atoms with E-state index in [-0.39, 0.29) is 17.8 Å². The summed E-state index contributed by atoms with van der Waals surface area (Å²) in [7, 11) is 0. The van der Waals surface area contributed by atoms with E-state index in [1.807, 2.05) is 61.5 Å². The van der Waals surface area contributed by atoms with Crippen molar-refractivity contribution in [2.75, 3.05) is 31.5 Å². The van der Waals surface area contributed by atoms with Crippen molar-refractivity contribution in [1.82, 2.24) is 29.7 Å². The average Bonchev–Trinajstić information content (AvgIpc) is 3.61. The van der Waals surface area contributed by atoms with Gasteiger partial charge in [0.2, 0.25) is 5.95 Å². The number of piperidine rings is 1. The van der Waals surface area contributed by atoms with Crippen LogP contribution in [0, 0.1) is 12.8 Å². The van der Waals surface area contributed by atoms with Gasteiger partial charge in [-0.3, -0.25) is 14.6 Å². The number of aliphatic carboxylic acids is 1. The lowest BCUT2D eigenvalue weighted by atomic mass is 9.90. The number of anilines is 1. The molecule has 0 amide bonds. The molecule has 2 aromatic heterocycles. The van der Waals surface area contributed by atoms with E-state index in [1.54, 1.807) is 6.20 Å². The third-order valence-electron chi connectivity index (χ3n) is 8.66. The normalized spacial score (nSPS) is 22.6. The van der Waals surface area contributed by atoms with Crippen LogP contribution in [0.25, 0.3) is 11.0 Å². The first-order valence-corrected chi connectivity index (χ1v) is 14.4. The standard InChI is InChI=1S/C31H37N7O3/c1-20-17-32-31(41)36-28(20)27-16-24(12-14-38(27)18-22(29(39)40)15-21-7-3-2-4-8-21)37-13-11-23(19-37)33-30-34-25-9-5-6-10-26(25)35-30/h2-10,17,22-24,27H,11-16,18-19H2,1H3,(H,39,40)(H,32,36,41)(H2,33,34,35)/t22-,23?,24?,27?/m0/s1. The van der Waals surface area contributed by atoms with Gasteiger partial charge in [-0.1, -0.05) is 42.5 Å². The highest BCUT2D eigenvalue weighted by atomic mass is 16.4. The molecule has 10 nitrogen and oxygen atoms in total. The van der Waals surface area contributed by atoms with Gasteiger partial charge in [0.15, 0.2) is 0 Å². The molecule has 41 heavy (non-hydrogen) atoms. The fourth-order valence-electron chi connectivity index (χ4n) is 6.53. The Morgan fingerprint density at radius 2 is 1.90 bits per heavy atom. The fourth-order valence-corrected chi connectivity index (χ4v) is 6.53. The average molecular weight is 556 g/mol. The van der Waals surface area contributed by atoms with Crippen LogP contribution in [-0.2, 0) is 11.2 Å². The van der Waals surface area contributed by atoms with E-state index in [9.17, 15) is 14.7 Å². The summed E-state index contributed by atoms with van der Waals surface area (Å²) >= 11 is 0. The molecule has 3 unspecified atom stereocenters. The molecule has 0 bridgehead atoms. The Morgan fingerprint density at radius 1 is 1.10 bits per heavy atom. The van der Waals surface area contributed by atoms with Gasteiger partial charge >= 0.3 is 11.7 Å². The molecular formula is C31H37N7O3. The number of rotatable bonds is 9. The Hall–Kier alpha value is -4.02. The van der Waals surface area contributed by atoms with Gasteiger partial charge < -0.3 is 20.4 Å². The zero-order chi connectivity index (χ0) is 28.3. The van der Waals surface area contributed by atoms with Crippen molar-refractivity contribution in [3.05, 3.63) is 88.1 Å². The summed E-state index contributed by atoms with van der Waals surface area (Å²) in [6.07, 6.45) is 4.87. The van der Waals surface area contributed by atoms with E-state index < -0.39 is 11.9 Å². The van der Waals surface area contributed by atoms with Crippen molar-refractivity contribution < 1.29 is 9.90 Å². The SMILES string of the molecule is Cc1cnc(=O)[nH]c1C1CC(N2CCC(Nc3nc4ccccc4[nH]3)C2)CCN1C[C@H](Cc1ccccc1)C(=O)O. The van der Waals surface area contributed by atoms with Crippen molar-refractivity contribution in [3.63, 3.8) is 0 Å². The number of carbonyl (C=O) groups is 1. The molecule has 2 saturated heterocycles. The van der Waals surface area contributed by atoms with E-state index in [2.05, 4.69) is 35.1 Å². The quantitative estimate of drug-likeness (QED) is 0.247. The Bertz CT molecular complexity index is 1520. The van der Waals surface area contributed by atoms with Gasteiger partial charge in [-0.2, -0.15) is 0 Å². The predicted octanol–water partition coefficient (Wildman–Crippen LogP) is 3.59. The first-order valence-electron chi connectivity index (χ1n) is 14.4. The van der Waals surface area contributed by atoms with E-state index in [0.717, 1.165) is 72.7 Å². The van der Waals surface area contributed by atoms with Crippen LogP contribution < -0.4 is 11.0 Å². The first-order chi connectivity index (χ1) is 19.9. The van der Waals surface area contributed by atoms with E-state index in [4.69, 9.17) is 0 Å². The second kappa shape index (κ2) is 11.8. The monoisotopic (exact) mass is 555 g/mol. The van der Waals surface area contributed by atoms with Gasteiger partial charge in [0.05, 0.1) is 23.0 Å². The minimum Gasteiger partial charge on any atom is -0.481 e. The number of nitrogens with zero attached hydrogens (tertiary/aromatic N) is 4. The smallest absolute Gasteiger partial charge is 0.345 e. The number of para-hydroxylation sites is 2. The van der Waals surface area contributed by atoms with Crippen molar-refractivity contribution in [2.24, 2.45) is 5.92 Å². The fraction of sp³-hybridized carbons (Fsp3) is 0.419. The third kappa shape index (κ3) is 6.18. The molecule has 0 aliphatic carbocycles. The van der Waals surface area contributed by atoms with Crippen molar-refractivity contribution in [3.8, 4) is 0 Å². The highest BCUT2D eigenvalue weighted by Gasteiger charge is 2.38. The van der Waals surface area contributed by atoms with Gasteiger partial charge in [-0.05, 0) is 55.9 Å². The second-order valence-electron chi connectivity index (χ2n) is 11.4. The van der Waals surface area contributed by atoms with Crippen molar-refractivity contribution in [1.29, 1.82) is 0 Å². The van der Waals surface area contributed by atoms with Crippen LogP contribution in [0.5, 0.6) is 0 Å². The lowest BCUT2D eigenvalue weighted by Crippen LogP contribution is -2.48. The molecule has 4 atom stereocenters. The lowest BCUT2D eigenvalue weighted by molar-refractivity contribution is -0.142. The van der Waals surface area contributed by atoms with Gasteiger partial charge in [0, 0.05) is 50.2 Å². The number of carboxylic acid groups (broad SMARTS) is 1. The molecular weight excluding hydrogens is 518 g/mol. The maximum absolute atomic E-state index is 12.3. The summed E-state index contributed by atoms with van der Waals surface area (Å²) in [5, 5.41) is 13.7. The minimum atomic E-state index is -0.797. The summed E-state index contributed by atoms with van der Waals surface area (Å²) in [5.74, 6) is -0.544. The van der Waals surface area contributed by atoms with Crippen LogP contribution in [0.15, 0.2) is 65.6 Å². The summed E-state index contributed by atoms with van der Waals surface area (Å²) in [5.41, 5.74) is 4.38. The number of aryl methyl sites for hydroxylation is 1. The topological polar surface area (TPSA) is 130 Å². The maximum atomic E-state index is 12.3.